The summed E-state index contributed by atoms with van der Waals surface area (Å²) in [5.74, 6) is 1.91. The molecular formula is C21H19BrN4O2S. The number of halogens is 1. The van der Waals surface area contributed by atoms with Crippen molar-refractivity contribution in [2.45, 2.75) is 37.2 Å². The number of nitrogens with zero attached hydrogens (tertiary/aromatic N) is 4. The van der Waals surface area contributed by atoms with Crippen LogP contribution in [-0.4, -0.2) is 20.4 Å². The van der Waals surface area contributed by atoms with Gasteiger partial charge in [-0.25, -0.2) is 0 Å². The van der Waals surface area contributed by atoms with E-state index in [1.165, 1.54) is 17.3 Å². The second-order valence-corrected chi connectivity index (χ2v) is 9.25. The SMILES string of the molecule is CC(C)(C)c1ccc(-c2nnc(SCc3nnc(-c4ccccc4Br)o3)o2)cc1. The monoisotopic (exact) mass is 470 g/mol. The average Bonchev–Trinajstić information content (AvgIpc) is 3.36. The van der Waals surface area contributed by atoms with Crippen LogP contribution in [0, 0.1) is 0 Å². The van der Waals surface area contributed by atoms with Gasteiger partial charge in [0, 0.05) is 10.0 Å². The van der Waals surface area contributed by atoms with Crippen LogP contribution in [0.1, 0.15) is 32.2 Å². The average molecular weight is 471 g/mol. The molecule has 6 nitrogen and oxygen atoms in total. The molecule has 0 saturated heterocycles. The molecule has 2 aromatic carbocycles. The van der Waals surface area contributed by atoms with Gasteiger partial charge in [0.2, 0.25) is 17.7 Å². The second kappa shape index (κ2) is 8.12. The van der Waals surface area contributed by atoms with Gasteiger partial charge in [-0.2, -0.15) is 0 Å². The molecular weight excluding hydrogens is 452 g/mol. The van der Waals surface area contributed by atoms with Crippen LogP contribution in [0.15, 0.2) is 67.1 Å². The largest absolute Gasteiger partial charge is 0.420 e. The van der Waals surface area contributed by atoms with Gasteiger partial charge in [0.25, 0.3) is 5.22 Å². The molecule has 0 aliphatic carbocycles. The van der Waals surface area contributed by atoms with Crippen LogP contribution >= 0.6 is 27.7 Å². The van der Waals surface area contributed by atoms with E-state index >= 15 is 0 Å². The van der Waals surface area contributed by atoms with Crippen LogP contribution in [0.3, 0.4) is 0 Å². The van der Waals surface area contributed by atoms with Crippen molar-refractivity contribution in [3.05, 3.63) is 64.5 Å². The first-order chi connectivity index (χ1) is 13.9. The van der Waals surface area contributed by atoms with Gasteiger partial charge in [0.1, 0.15) is 0 Å². The first-order valence-corrected chi connectivity index (χ1v) is 10.8. The molecule has 0 aliphatic rings. The Kier molecular flexibility index (Phi) is 5.56. The van der Waals surface area contributed by atoms with E-state index in [0.717, 1.165) is 15.6 Å². The molecule has 0 saturated carbocycles. The maximum atomic E-state index is 5.77. The second-order valence-electron chi connectivity index (χ2n) is 7.47. The highest BCUT2D eigenvalue weighted by molar-refractivity contribution is 9.10. The number of aromatic nitrogens is 4. The summed E-state index contributed by atoms with van der Waals surface area (Å²) < 4.78 is 12.4. The van der Waals surface area contributed by atoms with Gasteiger partial charge in [-0.3, -0.25) is 0 Å². The first-order valence-electron chi connectivity index (χ1n) is 9.04. The fourth-order valence-corrected chi connectivity index (χ4v) is 3.73. The van der Waals surface area contributed by atoms with Crippen LogP contribution < -0.4 is 0 Å². The molecule has 2 aromatic heterocycles. The third-order valence-electron chi connectivity index (χ3n) is 4.29. The van der Waals surface area contributed by atoms with Crippen molar-refractivity contribution in [1.82, 2.24) is 20.4 Å². The molecule has 0 bridgehead atoms. The van der Waals surface area contributed by atoms with Crippen molar-refractivity contribution < 1.29 is 8.83 Å². The highest BCUT2D eigenvalue weighted by Crippen LogP contribution is 2.30. The Hall–Kier alpha value is -2.45. The summed E-state index contributed by atoms with van der Waals surface area (Å²) in [4.78, 5) is 0. The Morgan fingerprint density at radius 1 is 0.862 bits per heavy atom. The lowest BCUT2D eigenvalue weighted by atomic mass is 9.87. The highest BCUT2D eigenvalue weighted by Gasteiger charge is 2.16. The van der Waals surface area contributed by atoms with E-state index in [-0.39, 0.29) is 5.41 Å². The number of hydrogen-bond acceptors (Lipinski definition) is 7. The Morgan fingerprint density at radius 2 is 1.59 bits per heavy atom. The normalized spacial score (nSPS) is 11.7. The molecule has 8 heteroatoms. The minimum Gasteiger partial charge on any atom is -0.420 e. The molecule has 0 aliphatic heterocycles. The van der Waals surface area contributed by atoms with Gasteiger partial charge in [-0.15, -0.1) is 20.4 Å². The molecule has 0 radical (unpaired) electrons. The minimum atomic E-state index is 0.104. The summed E-state index contributed by atoms with van der Waals surface area (Å²) in [5, 5.41) is 16.9. The van der Waals surface area contributed by atoms with E-state index in [0.29, 0.717) is 28.6 Å². The maximum absolute atomic E-state index is 5.77. The van der Waals surface area contributed by atoms with Crippen LogP contribution in [-0.2, 0) is 11.2 Å². The van der Waals surface area contributed by atoms with Gasteiger partial charge >= 0.3 is 0 Å². The molecule has 4 aromatic rings. The summed E-state index contributed by atoms with van der Waals surface area (Å²) in [5.41, 5.74) is 3.11. The maximum Gasteiger partial charge on any atom is 0.277 e. The number of hydrogen-bond donors (Lipinski definition) is 0. The topological polar surface area (TPSA) is 77.8 Å². The quantitative estimate of drug-likeness (QED) is 0.324. The molecule has 0 N–H and O–H groups in total. The Morgan fingerprint density at radius 3 is 2.31 bits per heavy atom. The Labute approximate surface area is 181 Å². The standard InChI is InChI=1S/C21H19BrN4O2S/c1-21(2,3)14-10-8-13(9-11-14)18-24-26-20(28-18)29-12-17-23-25-19(27-17)15-6-4-5-7-16(15)22/h4-11H,12H2,1-3H3. The smallest absolute Gasteiger partial charge is 0.277 e. The molecule has 2 heterocycles. The van der Waals surface area contributed by atoms with E-state index in [4.69, 9.17) is 8.83 Å². The van der Waals surface area contributed by atoms with Gasteiger partial charge in [0.05, 0.1) is 11.3 Å². The molecule has 0 spiro atoms. The first kappa shape index (κ1) is 19.8. The summed E-state index contributed by atoms with van der Waals surface area (Å²) in [6.45, 7) is 6.55. The zero-order valence-electron chi connectivity index (χ0n) is 16.2. The highest BCUT2D eigenvalue weighted by atomic mass is 79.9. The predicted molar refractivity (Wildman–Crippen MR) is 115 cm³/mol. The third kappa shape index (κ3) is 4.59. The van der Waals surface area contributed by atoms with Gasteiger partial charge < -0.3 is 8.83 Å². The van der Waals surface area contributed by atoms with Crippen LogP contribution in [0.25, 0.3) is 22.9 Å². The van der Waals surface area contributed by atoms with Crippen molar-refractivity contribution in [3.63, 3.8) is 0 Å². The van der Waals surface area contributed by atoms with E-state index in [1.54, 1.807) is 0 Å². The summed E-state index contributed by atoms with van der Waals surface area (Å²) in [6.07, 6.45) is 0. The Bertz CT molecular complexity index is 1120. The zero-order valence-corrected chi connectivity index (χ0v) is 18.6. The number of thioether (sulfide) groups is 1. The van der Waals surface area contributed by atoms with Crippen molar-refractivity contribution in [2.24, 2.45) is 0 Å². The van der Waals surface area contributed by atoms with Crippen molar-refractivity contribution in [2.75, 3.05) is 0 Å². The molecule has 0 atom stereocenters. The molecule has 148 valence electrons. The van der Waals surface area contributed by atoms with Crippen LogP contribution in [0.5, 0.6) is 0 Å². The molecule has 0 fully saturated rings. The van der Waals surface area contributed by atoms with E-state index in [9.17, 15) is 0 Å². The lowest BCUT2D eigenvalue weighted by Crippen LogP contribution is -2.10. The summed E-state index contributed by atoms with van der Waals surface area (Å²) >= 11 is 4.85. The molecule has 4 rings (SSSR count). The van der Waals surface area contributed by atoms with E-state index in [2.05, 4.69) is 69.2 Å². The summed E-state index contributed by atoms with van der Waals surface area (Å²) in [7, 11) is 0. The third-order valence-corrected chi connectivity index (χ3v) is 5.79. The van der Waals surface area contributed by atoms with E-state index in [1.807, 2.05) is 36.4 Å². The predicted octanol–water partition coefficient (Wildman–Crippen LogP) is 6.14. The minimum absolute atomic E-state index is 0.104. The zero-order chi connectivity index (χ0) is 20.4. The van der Waals surface area contributed by atoms with Gasteiger partial charge in [0.15, 0.2) is 0 Å². The van der Waals surface area contributed by atoms with Gasteiger partial charge in [-0.1, -0.05) is 56.8 Å². The van der Waals surface area contributed by atoms with E-state index < -0.39 is 0 Å². The van der Waals surface area contributed by atoms with Crippen molar-refractivity contribution in [3.8, 4) is 22.9 Å². The molecule has 29 heavy (non-hydrogen) atoms. The lowest BCUT2D eigenvalue weighted by molar-refractivity contribution is 0.464. The number of rotatable bonds is 5. The fourth-order valence-electron chi connectivity index (χ4n) is 2.68. The molecule has 0 unspecified atom stereocenters. The van der Waals surface area contributed by atoms with Gasteiger partial charge in [-0.05, 0) is 51.2 Å². The Balaban J connectivity index is 1.42. The molecule has 0 amide bonds. The summed E-state index contributed by atoms with van der Waals surface area (Å²) in [6, 6.07) is 15.9. The van der Waals surface area contributed by atoms with Crippen LogP contribution in [0.2, 0.25) is 0 Å². The van der Waals surface area contributed by atoms with Crippen molar-refractivity contribution >= 4 is 27.7 Å². The van der Waals surface area contributed by atoms with Crippen molar-refractivity contribution in [1.29, 1.82) is 0 Å². The fraction of sp³-hybridized carbons (Fsp3) is 0.238. The lowest BCUT2D eigenvalue weighted by Gasteiger charge is -2.18. The number of benzene rings is 2. The van der Waals surface area contributed by atoms with Crippen LogP contribution in [0.4, 0.5) is 0 Å².